The van der Waals surface area contributed by atoms with E-state index in [1.807, 2.05) is 13.0 Å². The molecule has 0 aromatic heterocycles. The Labute approximate surface area is 143 Å². The zero-order chi connectivity index (χ0) is 17.7. The zero-order valence-electron chi connectivity index (χ0n) is 13.5. The summed E-state index contributed by atoms with van der Waals surface area (Å²) in [6.07, 6.45) is 0. The van der Waals surface area contributed by atoms with Gasteiger partial charge in [-0.3, -0.25) is 19.3 Å². The van der Waals surface area contributed by atoms with Crippen molar-refractivity contribution < 1.29 is 23.9 Å². The van der Waals surface area contributed by atoms with Crippen LogP contribution < -0.4 is 5.32 Å². The van der Waals surface area contributed by atoms with Gasteiger partial charge in [0, 0.05) is 13.1 Å². The average molecular weight is 350 g/mol. The molecule has 24 heavy (non-hydrogen) atoms. The van der Waals surface area contributed by atoms with E-state index in [-0.39, 0.29) is 30.0 Å². The van der Waals surface area contributed by atoms with Crippen molar-refractivity contribution in [1.82, 2.24) is 10.2 Å². The van der Waals surface area contributed by atoms with Crippen molar-refractivity contribution >= 4 is 34.8 Å². The molecule has 0 unspecified atom stereocenters. The van der Waals surface area contributed by atoms with Crippen LogP contribution in [0.3, 0.4) is 0 Å². The second-order valence-electron chi connectivity index (χ2n) is 5.34. The van der Waals surface area contributed by atoms with Crippen molar-refractivity contribution in [3.63, 3.8) is 0 Å². The fourth-order valence-corrected chi connectivity index (χ4v) is 2.96. The number of carbonyl (C=O) groups excluding carboxylic acids is 4. The predicted octanol–water partition coefficient (Wildman–Crippen LogP) is 1.27. The molecule has 8 heteroatoms. The molecule has 0 radical (unpaired) electrons. The molecule has 1 fully saturated rings. The summed E-state index contributed by atoms with van der Waals surface area (Å²) in [6.45, 7) is 3.54. The number of benzene rings is 1. The van der Waals surface area contributed by atoms with Crippen LogP contribution in [0, 0.1) is 13.8 Å². The zero-order valence-corrected chi connectivity index (χ0v) is 14.3. The number of aryl methyl sites for hydroxylation is 2. The largest absolute Gasteiger partial charge is 0.452 e. The standard InChI is InChI=1S/C16H18N2O5S/c1-10-3-4-12(11(2)7-10)15(21)23-8-13(19)17-5-6-18-14(20)9-24-16(18)22/h3-4,7H,5-6,8-9H2,1-2H3,(H,17,19). The molecule has 0 atom stereocenters. The summed E-state index contributed by atoms with van der Waals surface area (Å²) in [5, 5.41) is 2.20. The molecular formula is C16H18N2O5S. The number of imide groups is 1. The number of carbonyl (C=O) groups is 4. The van der Waals surface area contributed by atoms with Gasteiger partial charge in [0.15, 0.2) is 6.61 Å². The minimum atomic E-state index is -0.566. The van der Waals surface area contributed by atoms with Gasteiger partial charge in [0.1, 0.15) is 0 Å². The van der Waals surface area contributed by atoms with E-state index in [1.54, 1.807) is 19.1 Å². The number of rotatable bonds is 6. The third-order valence-electron chi connectivity index (χ3n) is 3.43. The second-order valence-corrected chi connectivity index (χ2v) is 6.27. The quantitative estimate of drug-likeness (QED) is 0.777. The smallest absolute Gasteiger partial charge is 0.338 e. The summed E-state index contributed by atoms with van der Waals surface area (Å²) in [6, 6.07) is 5.32. The van der Waals surface area contributed by atoms with Gasteiger partial charge in [0.05, 0.1) is 11.3 Å². The third kappa shape index (κ3) is 4.58. The van der Waals surface area contributed by atoms with Crippen molar-refractivity contribution in [2.75, 3.05) is 25.4 Å². The number of esters is 1. The van der Waals surface area contributed by atoms with Gasteiger partial charge in [-0.05, 0) is 25.5 Å². The Morgan fingerprint density at radius 2 is 2.04 bits per heavy atom. The van der Waals surface area contributed by atoms with E-state index in [2.05, 4.69) is 5.32 Å². The molecule has 1 aromatic rings. The molecule has 1 saturated heterocycles. The Hall–Kier alpha value is -2.35. The van der Waals surface area contributed by atoms with Crippen LogP contribution >= 0.6 is 11.8 Å². The maximum Gasteiger partial charge on any atom is 0.338 e. The van der Waals surface area contributed by atoms with Crippen molar-refractivity contribution in [2.45, 2.75) is 13.8 Å². The highest BCUT2D eigenvalue weighted by molar-refractivity contribution is 8.14. The van der Waals surface area contributed by atoms with Gasteiger partial charge in [0.25, 0.3) is 11.1 Å². The first-order valence-corrected chi connectivity index (χ1v) is 8.35. The summed E-state index contributed by atoms with van der Waals surface area (Å²) < 4.78 is 4.97. The second kappa shape index (κ2) is 7.96. The van der Waals surface area contributed by atoms with Crippen LogP contribution in [0.5, 0.6) is 0 Å². The minimum Gasteiger partial charge on any atom is -0.452 e. The lowest BCUT2D eigenvalue weighted by atomic mass is 10.1. The molecule has 1 aliphatic heterocycles. The number of hydrogen-bond donors (Lipinski definition) is 1. The number of thioether (sulfide) groups is 1. The number of nitrogens with one attached hydrogen (secondary N) is 1. The highest BCUT2D eigenvalue weighted by atomic mass is 32.2. The van der Waals surface area contributed by atoms with Crippen LogP contribution in [0.25, 0.3) is 0 Å². The first-order chi connectivity index (χ1) is 11.4. The molecule has 7 nitrogen and oxygen atoms in total. The van der Waals surface area contributed by atoms with E-state index in [4.69, 9.17) is 4.74 Å². The van der Waals surface area contributed by atoms with Gasteiger partial charge in [-0.15, -0.1) is 0 Å². The number of ether oxygens (including phenoxy) is 1. The first kappa shape index (κ1) is 18.0. The van der Waals surface area contributed by atoms with Gasteiger partial charge in [0.2, 0.25) is 5.91 Å². The highest BCUT2D eigenvalue weighted by Crippen LogP contribution is 2.17. The summed E-state index contributed by atoms with van der Waals surface area (Å²) >= 11 is 0.942. The lowest BCUT2D eigenvalue weighted by Crippen LogP contribution is -2.38. The van der Waals surface area contributed by atoms with Crippen molar-refractivity contribution in [3.05, 3.63) is 34.9 Å². The molecule has 1 aromatic carbocycles. The molecule has 0 saturated carbocycles. The van der Waals surface area contributed by atoms with Gasteiger partial charge >= 0.3 is 5.97 Å². The van der Waals surface area contributed by atoms with Crippen LogP contribution in [0.1, 0.15) is 21.5 Å². The number of hydrogen-bond acceptors (Lipinski definition) is 6. The summed E-state index contributed by atoms with van der Waals surface area (Å²) in [7, 11) is 0. The van der Waals surface area contributed by atoms with Crippen LogP contribution in [-0.2, 0) is 14.3 Å². The lowest BCUT2D eigenvalue weighted by molar-refractivity contribution is -0.126. The monoisotopic (exact) mass is 350 g/mol. The molecule has 0 aliphatic carbocycles. The number of nitrogens with zero attached hydrogens (tertiary/aromatic N) is 1. The summed E-state index contributed by atoms with van der Waals surface area (Å²) in [4.78, 5) is 47.5. The Balaban J connectivity index is 1.74. The SMILES string of the molecule is Cc1ccc(C(=O)OCC(=O)NCCN2C(=O)CSC2=O)c(C)c1. The highest BCUT2D eigenvalue weighted by Gasteiger charge is 2.29. The fraction of sp³-hybridized carbons (Fsp3) is 0.375. The Kier molecular flexibility index (Phi) is 5.97. The van der Waals surface area contributed by atoms with Crippen molar-refractivity contribution in [3.8, 4) is 0 Å². The predicted molar refractivity (Wildman–Crippen MR) is 88.8 cm³/mol. The van der Waals surface area contributed by atoms with Crippen molar-refractivity contribution in [2.24, 2.45) is 0 Å². The average Bonchev–Trinajstić information content (AvgIpc) is 2.84. The van der Waals surface area contributed by atoms with E-state index in [0.29, 0.717) is 5.56 Å². The maximum atomic E-state index is 11.9. The Morgan fingerprint density at radius 3 is 2.67 bits per heavy atom. The van der Waals surface area contributed by atoms with E-state index in [0.717, 1.165) is 27.8 Å². The molecule has 1 aliphatic rings. The van der Waals surface area contributed by atoms with Gasteiger partial charge in [-0.2, -0.15) is 0 Å². The molecule has 128 valence electrons. The molecular weight excluding hydrogens is 332 g/mol. The number of amides is 3. The third-order valence-corrected chi connectivity index (χ3v) is 4.29. The normalized spacial score (nSPS) is 14.0. The maximum absolute atomic E-state index is 11.9. The van der Waals surface area contributed by atoms with E-state index < -0.39 is 18.5 Å². The first-order valence-electron chi connectivity index (χ1n) is 7.36. The van der Waals surface area contributed by atoms with E-state index in [9.17, 15) is 19.2 Å². The van der Waals surface area contributed by atoms with Crippen LogP contribution in [0.4, 0.5) is 4.79 Å². The molecule has 2 rings (SSSR count). The van der Waals surface area contributed by atoms with Crippen LogP contribution in [0.2, 0.25) is 0 Å². The van der Waals surface area contributed by atoms with E-state index in [1.165, 1.54) is 0 Å². The fourth-order valence-electron chi connectivity index (χ4n) is 2.21. The molecule has 0 bridgehead atoms. The molecule has 0 spiro atoms. The van der Waals surface area contributed by atoms with Gasteiger partial charge in [-0.1, -0.05) is 29.5 Å². The van der Waals surface area contributed by atoms with Crippen molar-refractivity contribution in [1.29, 1.82) is 0 Å². The van der Waals surface area contributed by atoms with Gasteiger partial charge < -0.3 is 10.1 Å². The molecule has 1 N–H and O–H groups in total. The van der Waals surface area contributed by atoms with E-state index >= 15 is 0 Å². The van der Waals surface area contributed by atoms with Gasteiger partial charge in [-0.25, -0.2) is 4.79 Å². The molecule has 3 amide bonds. The van der Waals surface area contributed by atoms with Crippen LogP contribution in [-0.4, -0.2) is 53.4 Å². The summed E-state index contributed by atoms with van der Waals surface area (Å²) in [5.74, 6) is -1.18. The topological polar surface area (TPSA) is 92.8 Å². The minimum absolute atomic E-state index is 0.113. The van der Waals surface area contributed by atoms with Crippen LogP contribution in [0.15, 0.2) is 18.2 Å². The molecule has 1 heterocycles. The summed E-state index contributed by atoms with van der Waals surface area (Å²) in [5.41, 5.74) is 2.23. The lowest BCUT2D eigenvalue weighted by Gasteiger charge is -2.13. The Bertz CT molecular complexity index is 673. The Morgan fingerprint density at radius 1 is 1.29 bits per heavy atom.